The van der Waals surface area contributed by atoms with Gasteiger partial charge >= 0.3 is 0 Å². The molecule has 0 radical (unpaired) electrons. The Labute approximate surface area is 346 Å². The average Bonchev–Trinajstić information content (AvgIpc) is 3.86. The Morgan fingerprint density at radius 3 is 1.50 bits per heavy atom. The summed E-state index contributed by atoms with van der Waals surface area (Å²) in [6.45, 7) is 0.0280. The molecule has 0 N–H and O–H groups in total. The third kappa shape index (κ3) is 3.75. The van der Waals surface area contributed by atoms with E-state index in [0.717, 1.165) is 11.5 Å². The second kappa shape index (κ2) is 11.1. The number of para-hydroxylation sites is 2. The lowest BCUT2D eigenvalue weighted by molar-refractivity contribution is 0.623. The topological polar surface area (TPSA) is 16.4 Å². The molecule has 0 aliphatic carbocycles. The van der Waals surface area contributed by atoms with Crippen LogP contribution in [0.1, 0.15) is 0 Å². The lowest BCUT2D eigenvalue weighted by Gasteiger charge is -2.41. The molecule has 4 heteroatoms. The zero-order valence-electron chi connectivity index (χ0n) is 32.4. The maximum Gasteiger partial charge on any atom is 0.251 e. The number of benzene rings is 11. The number of fused-ring (bicyclic) bond motifs is 22. The Balaban J connectivity index is 1.18. The minimum absolute atomic E-state index is 0.00240. The van der Waals surface area contributed by atoms with E-state index in [1.807, 2.05) is 0 Å². The van der Waals surface area contributed by atoms with Crippen molar-refractivity contribution in [3.8, 4) is 11.1 Å². The summed E-state index contributed by atoms with van der Waals surface area (Å²) >= 11 is 0. The summed E-state index contributed by atoms with van der Waals surface area (Å²) in [5.41, 5.74) is 14.0. The van der Waals surface area contributed by atoms with Gasteiger partial charge in [0.1, 0.15) is 5.58 Å². The highest BCUT2D eigenvalue weighted by molar-refractivity contribution is 7.05. The molecule has 0 fully saturated rings. The van der Waals surface area contributed by atoms with Crippen LogP contribution in [0.2, 0.25) is 0 Å². The van der Waals surface area contributed by atoms with Crippen molar-refractivity contribution in [2.45, 2.75) is 0 Å². The van der Waals surface area contributed by atoms with Gasteiger partial charge in [0.05, 0.1) is 5.69 Å². The first kappa shape index (κ1) is 31.4. The van der Waals surface area contributed by atoms with Gasteiger partial charge in [-0.25, -0.2) is 0 Å². The number of hydrogen-bond donors (Lipinski definition) is 0. The molecule has 11 aromatic carbocycles. The van der Waals surface area contributed by atoms with Crippen molar-refractivity contribution in [3.05, 3.63) is 188 Å². The molecule has 15 rings (SSSR count). The van der Waals surface area contributed by atoms with Crippen LogP contribution < -0.4 is 37.7 Å². The zero-order valence-corrected chi connectivity index (χ0v) is 32.4. The summed E-state index contributed by atoms with van der Waals surface area (Å²) in [5.74, 6) is 0.925. The third-order valence-electron chi connectivity index (χ3n) is 14.3. The highest BCUT2D eigenvalue weighted by atomic mass is 16.4. The minimum Gasteiger partial charge on any atom is -0.440 e. The summed E-state index contributed by atoms with van der Waals surface area (Å²) in [6.07, 6.45) is 0. The maximum atomic E-state index is 7.25. The molecule has 0 bridgehead atoms. The van der Waals surface area contributed by atoms with Crippen LogP contribution >= 0.6 is 0 Å². The molecule has 0 saturated carbocycles. The number of anilines is 3. The molecule has 4 heterocycles. The third-order valence-corrected chi connectivity index (χ3v) is 14.3. The van der Waals surface area contributed by atoms with Crippen molar-refractivity contribution in [1.29, 1.82) is 0 Å². The van der Waals surface area contributed by atoms with Crippen LogP contribution in [0.25, 0.3) is 86.7 Å². The standard InChI is InChI=1S/C56H31B2NO/c1-2-15-32(16-3-1)57-47-26-14-27-48-54(47)59(56-53(57)41-25-12-13-28-50(41)60-56)55-51-40-24-11-10-20-36(40)35-19-6-9-23-39(35)45(51)30-46-44-29-42-37-21-7-4-17-33(37)34-18-5-8-22-38(34)43(42)31-49(44)58(48)52(46)55/h1-31H. The fourth-order valence-corrected chi connectivity index (χ4v) is 12.0. The first-order chi connectivity index (χ1) is 29.8. The largest absolute Gasteiger partial charge is 0.440 e. The van der Waals surface area contributed by atoms with Gasteiger partial charge in [-0.05, 0) is 105 Å². The molecule has 1 aromatic heterocycles. The van der Waals surface area contributed by atoms with Gasteiger partial charge < -0.3 is 4.42 Å². The molecule has 0 saturated heterocycles. The molecule has 3 aliphatic rings. The molecule has 12 aromatic rings. The molecule has 2 nitrogen and oxygen atoms in total. The van der Waals surface area contributed by atoms with Gasteiger partial charge in [0.2, 0.25) is 12.6 Å². The first-order valence-electron chi connectivity index (χ1n) is 21.1. The average molecular weight is 755 g/mol. The van der Waals surface area contributed by atoms with Crippen LogP contribution in [-0.4, -0.2) is 13.4 Å². The summed E-state index contributed by atoms with van der Waals surface area (Å²) < 4.78 is 7.25. The SMILES string of the molecule is c1ccc(B2c3cccc4c3N(c3oc5ccccc5c32)c2c3c(cc5c6ccccc6c6ccccc6c25)-c2cc5c6ccccc6c6ccccc6c5cc2B43)cc1. The summed E-state index contributed by atoms with van der Waals surface area (Å²) in [7, 11) is 0. The number of hydrogen-bond acceptors (Lipinski definition) is 2. The van der Waals surface area contributed by atoms with E-state index in [-0.39, 0.29) is 13.4 Å². The van der Waals surface area contributed by atoms with Crippen molar-refractivity contribution in [1.82, 2.24) is 0 Å². The van der Waals surface area contributed by atoms with Crippen LogP contribution in [0.15, 0.2) is 192 Å². The zero-order chi connectivity index (χ0) is 38.8. The van der Waals surface area contributed by atoms with E-state index in [0.29, 0.717) is 0 Å². The lowest BCUT2D eigenvalue weighted by atomic mass is 9.31. The Morgan fingerprint density at radius 1 is 0.333 bits per heavy atom. The number of furan rings is 1. The van der Waals surface area contributed by atoms with Gasteiger partial charge in [0.15, 0.2) is 0 Å². The van der Waals surface area contributed by atoms with Crippen molar-refractivity contribution < 1.29 is 4.42 Å². The monoisotopic (exact) mass is 755 g/mol. The van der Waals surface area contributed by atoms with Crippen molar-refractivity contribution in [2.75, 3.05) is 4.90 Å². The lowest BCUT2D eigenvalue weighted by Crippen LogP contribution is -2.63. The highest BCUT2D eigenvalue weighted by Gasteiger charge is 2.50. The number of rotatable bonds is 1. The normalized spacial score (nSPS) is 13.6. The van der Waals surface area contributed by atoms with Crippen LogP contribution in [0.3, 0.4) is 0 Å². The smallest absolute Gasteiger partial charge is 0.251 e. The van der Waals surface area contributed by atoms with E-state index in [2.05, 4.69) is 193 Å². The van der Waals surface area contributed by atoms with Crippen molar-refractivity contribution in [2.24, 2.45) is 0 Å². The fraction of sp³-hybridized carbons (Fsp3) is 0. The molecule has 0 atom stereocenters. The van der Waals surface area contributed by atoms with E-state index in [9.17, 15) is 0 Å². The molecule has 0 amide bonds. The fourth-order valence-electron chi connectivity index (χ4n) is 12.0. The van der Waals surface area contributed by atoms with Gasteiger partial charge in [-0.2, -0.15) is 0 Å². The molecule has 3 aliphatic heterocycles. The molecule has 0 spiro atoms. The summed E-state index contributed by atoms with van der Waals surface area (Å²) in [6, 6.07) is 70.5. The summed E-state index contributed by atoms with van der Waals surface area (Å²) in [4.78, 5) is 2.56. The van der Waals surface area contributed by atoms with E-state index in [1.165, 1.54) is 125 Å². The van der Waals surface area contributed by atoms with Crippen molar-refractivity contribution in [3.63, 3.8) is 0 Å². The Bertz CT molecular complexity index is 3920. The van der Waals surface area contributed by atoms with E-state index < -0.39 is 0 Å². The van der Waals surface area contributed by atoms with E-state index >= 15 is 0 Å². The van der Waals surface area contributed by atoms with Crippen LogP contribution in [0.5, 0.6) is 0 Å². The molecule has 272 valence electrons. The second-order valence-corrected chi connectivity index (χ2v) is 17.0. The minimum atomic E-state index is -0.00240. The maximum absolute atomic E-state index is 7.25. The predicted molar refractivity (Wildman–Crippen MR) is 257 cm³/mol. The Hall–Kier alpha value is -7.55. The van der Waals surface area contributed by atoms with Crippen LogP contribution in [-0.2, 0) is 0 Å². The molecule has 60 heavy (non-hydrogen) atoms. The van der Waals surface area contributed by atoms with Gasteiger partial charge in [-0.1, -0.05) is 181 Å². The predicted octanol–water partition coefficient (Wildman–Crippen LogP) is 10.5. The molecular formula is C56H31B2NO. The van der Waals surface area contributed by atoms with Gasteiger partial charge in [-0.3, -0.25) is 4.90 Å². The quantitative estimate of drug-likeness (QED) is 0.123. The highest BCUT2D eigenvalue weighted by Crippen LogP contribution is 2.50. The summed E-state index contributed by atoms with van der Waals surface area (Å²) in [5, 5.41) is 16.6. The molecular weight excluding hydrogens is 724 g/mol. The van der Waals surface area contributed by atoms with Crippen molar-refractivity contribution >= 4 is 139 Å². The van der Waals surface area contributed by atoms with Gasteiger partial charge in [0, 0.05) is 21.9 Å². The van der Waals surface area contributed by atoms with Gasteiger partial charge in [0.25, 0.3) is 6.71 Å². The second-order valence-electron chi connectivity index (χ2n) is 17.0. The number of nitrogens with zero attached hydrogens (tertiary/aromatic N) is 1. The van der Waals surface area contributed by atoms with E-state index in [1.54, 1.807) is 0 Å². The first-order valence-corrected chi connectivity index (χ1v) is 21.1. The van der Waals surface area contributed by atoms with Gasteiger partial charge in [-0.15, -0.1) is 0 Å². The van der Waals surface area contributed by atoms with Crippen LogP contribution in [0.4, 0.5) is 17.3 Å². The molecule has 0 unspecified atom stereocenters. The Kier molecular flexibility index (Phi) is 5.83. The van der Waals surface area contributed by atoms with E-state index in [4.69, 9.17) is 4.42 Å². The Morgan fingerprint density at radius 2 is 0.833 bits per heavy atom. The van der Waals surface area contributed by atoms with Crippen LogP contribution in [0, 0.1) is 0 Å².